The Kier molecular flexibility index (Phi) is 6.51. The smallest absolute Gasteiger partial charge is 0.227 e. The molecule has 5 rings (SSSR count). The van der Waals surface area contributed by atoms with Crippen molar-refractivity contribution >= 4 is 34.2 Å². The molecular formula is C27H26ClN3O4. The summed E-state index contributed by atoms with van der Waals surface area (Å²) in [5.74, 6) is 2.75. The number of halogens is 1. The van der Waals surface area contributed by atoms with E-state index in [2.05, 4.69) is 4.57 Å². The van der Waals surface area contributed by atoms with E-state index in [-0.39, 0.29) is 11.8 Å². The van der Waals surface area contributed by atoms with E-state index < -0.39 is 0 Å². The van der Waals surface area contributed by atoms with Crippen LogP contribution in [0.3, 0.4) is 0 Å². The van der Waals surface area contributed by atoms with Crippen LogP contribution in [0.25, 0.3) is 11.0 Å². The van der Waals surface area contributed by atoms with Gasteiger partial charge in [0.05, 0.1) is 42.5 Å². The summed E-state index contributed by atoms with van der Waals surface area (Å²) in [6.07, 6.45) is 0.356. The summed E-state index contributed by atoms with van der Waals surface area (Å²) in [7, 11) is 3.20. The molecule has 1 aliphatic rings. The van der Waals surface area contributed by atoms with Crippen molar-refractivity contribution in [1.29, 1.82) is 0 Å². The minimum Gasteiger partial charge on any atom is -0.497 e. The van der Waals surface area contributed by atoms with Gasteiger partial charge in [-0.3, -0.25) is 4.79 Å². The predicted molar refractivity (Wildman–Crippen MR) is 136 cm³/mol. The monoisotopic (exact) mass is 491 g/mol. The van der Waals surface area contributed by atoms with Gasteiger partial charge in [-0.1, -0.05) is 35.9 Å². The Morgan fingerprint density at radius 1 is 1.00 bits per heavy atom. The molecular weight excluding hydrogens is 466 g/mol. The Balaban J connectivity index is 1.43. The molecule has 180 valence electrons. The molecule has 0 radical (unpaired) electrons. The van der Waals surface area contributed by atoms with E-state index >= 15 is 0 Å². The number of carbonyl (C=O) groups excluding carboxylic acids is 1. The number of para-hydroxylation sites is 3. The molecule has 1 atom stereocenters. The first-order chi connectivity index (χ1) is 17.1. The fraction of sp³-hybridized carbons (Fsp3) is 0.259. The van der Waals surface area contributed by atoms with Gasteiger partial charge in [-0.25, -0.2) is 4.98 Å². The first-order valence-corrected chi connectivity index (χ1v) is 11.8. The highest BCUT2D eigenvalue weighted by Crippen LogP contribution is 2.39. The highest BCUT2D eigenvalue weighted by Gasteiger charge is 2.36. The number of fused-ring (bicyclic) bond motifs is 1. The van der Waals surface area contributed by atoms with Crippen molar-refractivity contribution in [3.63, 3.8) is 0 Å². The van der Waals surface area contributed by atoms with Crippen molar-refractivity contribution in [3.05, 3.63) is 77.6 Å². The van der Waals surface area contributed by atoms with Gasteiger partial charge >= 0.3 is 0 Å². The van der Waals surface area contributed by atoms with Crippen LogP contribution in [0.5, 0.6) is 17.2 Å². The number of rotatable bonds is 8. The number of amides is 1. The second-order valence-electron chi connectivity index (χ2n) is 8.33. The minimum atomic E-state index is -0.0777. The lowest BCUT2D eigenvalue weighted by Crippen LogP contribution is -2.25. The van der Waals surface area contributed by atoms with Crippen LogP contribution in [-0.2, 0) is 11.3 Å². The van der Waals surface area contributed by atoms with Gasteiger partial charge in [0, 0.05) is 24.9 Å². The molecule has 0 bridgehead atoms. The van der Waals surface area contributed by atoms with Crippen LogP contribution >= 0.6 is 11.6 Å². The summed E-state index contributed by atoms with van der Waals surface area (Å²) in [6, 6.07) is 20.9. The lowest BCUT2D eigenvalue weighted by molar-refractivity contribution is -0.117. The largest absolute Gasteiger partial charge is 0.497 e. The van der Waals surface area contributed by atoms with Gasteiger partial charge < -0.3 is 23.7 Å². The van der Waals surface area contributed by atoms with E-state index in [0.717, 1.165) is 16.9 Å². The maximum atomic E-state index is 13.1. The van der Waals surface area contributed by atoms with Gasteiger partial charge in [0.25, 0.3) is 0 Å². The van der Waals surface area contributed by atoms with Gasteiger partial charge in [0.1, 0.15) is 29.7 Å². The average molecular weight is 492 g/mol. The van der Waals surface area contributed by atoms with Crippen molar-refractivity contribution in [2.45, 2.75) is 18.9 Å². The number of aromatic nitrogens is 2. The number of anilines is 1. The molecule has 1 saturated heterocycles. The van der Waals surface area contributed by atoms with Crippen LogP contribution in [0.1, 0.15) is 18.2 Å². The molecule has 0 saturated carbocycles. The average Bonchev–Trinajstić information content (AvgIpc) is 3.45. The predicted octanol–water partition coefficient (Wildman–Crippen LogP) is 5.31. The van der Waals surface area contributed by atoms with Crippen molar-refractivity contribution in [2.75, 3.05) is 32.3 Å². The summed E-state index contributed by atoms with van der Waals surface area (Å²) in [6.45, 7) is 1.50. The molecule has 35 heavy (non-hydrogen) atoms. The molecule has 1 aromatic heterocycles. The van der Waals surface area contributed by atoms with Crippen LogP contribution in [0.2, 0.25) is 5.02 Å². The molecule has 0 aliphatic carbocycles. The number of benzene rings is 3. The quantitative estimate of drug-likeness (QED) is 0.334. The fourth-order valence-electron chi connectivity index (χ4n) is 4.57. The topological polar surface area (TPSA) is 65.8 Å². The van der Waals surface area contributed by atoms with E-state index in [1.54, 1.807) is 25.2 Å². The van der Waals surface area contributed by atoms with Gasteiger partial charge in [0.15, 0.2) is 0 Å². The van der Waals surface area contributed by atoms with E-state index in [1.165, 1.54) is 0 Å². The number of carbonyl (C=O) groups is 1. The van der Waals surface area contributed by atoms with E-state index in [4.69, 9.17) is 30.8 Å². The molecule has 1 unspecified atom stereocenters. The summed E-state index contributed by atoms with van der Waals surface area (Å²) < 4.78 is 19.0. The molecule has 0 N–H and O–H groups in total. The highest BCUT2D eigenvalue weighted by molar-refractivity contribution is 6.32. The van der Waals surface area contributed by atoms with Crippen molar-refractivity contribution in [2.24, 2.45) is 0 Å². The molecule has 8 heteroatoms. The van der Waals surface area contributed by atoms with Crippen LogP contribution in [0, 0.1) is 0 Å². The minimum absolute atomic E-state index is 0.0208. The maximum absolute atomic E-state index is 13.1. The SMILES string of the molecule is COc1ccc(OC)c(N2CC(c3nc4ccccc4n3CCOc3ccccc3Cl)CC2=O)c1. The van der Waals surface area contributed by atoms with E-state index in [0.29, 0.717) is 54.1 Å². The number of ether oxygens (including phenoxy) is 3. The van der Waals surface area contributed by atoms with Gasteiger partial charge in [0.2, 0.25) is 5.91 Å². The number of methoxy groups -OCH3 is 2. The lowest BCUT2D eigenvalue weighted by atomic mass is 10.1. The van der Waals surface area contributed by atoms with Crippen LogP contribution in [0.4, 0.5) is 5.69 Å². The van der Waals surface area contributed by atoms with Crippen LogP contribution in [-0.4, -0.2) is 42.8 Å². The van der Waals surface area contributed by atoms with Crippen LogP contribution < -0.4 is 19.1 Å². The standard InChI is InChI=1S/C27H26ClN3O4/c1-33-19-11-12-25(34-2)23(16-19)31-17-18(15-26(31)32)27-29-21-8-4-5-9-22(21)30(27)13-14-35-24-10-6-3-7-20(24)28/h3-12,16,18H,13-15,17H2,1-2H3. The maximum Gasteiger partial charge on any atom is 0.227 e. The van der Waals surface area contributed by atoms with Gasteiger partial charge in [-0.2, -0.15) is 0 Å². The number of nitrogens with zero attached hydrogens (tertiary/aromatic N) is 3. The fourth-order valence-corrected chi connectivity index (χ4v) is 4.76. The Morgan fingerprint density at radius 3 is 2.60 bits per heavy atom. The zero-order chi connectivity index (χ0) is 24.4. The Bertz CT molecular complexity index is 1370. The first-order valence-electron chi connectivity index (χ1n) is 11.4. The molecule has 3 aromatic carbocycles. The third-order valence-corrected chi connectivity index (χ3v) is 6.57. The Hall–Kier alpha value is -3.71. The normalized spacial score (nSPS) is 15.6. The molecule has 1 aliphatic heterocycles. The molecule has 4 aromatic rings. The molecule has 1 fully saturated rings. The summed E-state index contributed by atoms with van der Waals surface area (Å²) in [5, 5.41) is 0.576. The first kappa shape index (κ1) is 23.1. The zero-order valence-corrected chi connectivity index (χ0v) is 20.4. The van der Waals surface area contributed by atoms with Gasteiger partial charge in [-0.15, -0.1) is 0 Å². The number of hydrogen-bond acceptors (Lipinski definition) is 5. The van der Waals surface area contributed by atoms with Gasteiger partial charge in [-0.05, 0) is 36.4 Å². The van der Waals surface area contributed by atoms with Crippen molar-refractivity contribution in [1.82, 2.24) is 9.55 Å². The Labute approximate surface area is 208 Å². The van der Waals surface area contributed by atoms with E-state index in [1.807, 2.05) is 60.7 Å². The van der Waals surface area contributed by atoms with Crippen molar-refractivity contribution < 1.29 is 19.0 Å². The second-order valence-corrected chi connectivity index (χ2v) is 8.74. The molecule has 7 nitrogen and oxygen atoms in total. The van der Waals surface area contributed by atoms with Crippen molar-refractivity contribution in [3.8, 4) is 17.2 Å². The zero-order valence-electron chi connectivity index (χ0n) is 19.6. The van der Waals surface area contributed by atoms with E-state index in [9.17, 15) is 4.79 Å². The summed E-state index contributed by atoms with van der Waals surface area (Å²) in [4.78, 5) is 19.8. The third kappa shape index (κ3) is 4.51. The molecule has 0 spiro atoms. The lowest BCUT2D eigenvalue weighted by Gasteiger charge is -2.20. The number of imidazole rings is 1. The summed E-state index contributed by atoms with van der Waals surface area (Å²) in [5.41, 5.74) is 2.60. The summed E-state index contributed by atoms with van der Waals surface area (Å²) >= 11 is 6.25. The Morgan fingerprint density at radius 2 is 1.80 bits per heavy atom. The third-order valence-electron chi connectivity index (χ3n) is 6.26. The molecule has 1 amide bonds. The molecule has 2 heterocycles. The highest BCUT2D eigenvalue weighted by atomic mass is 35.5. The van der Waals surface area contributed by atoms with Crippen LogP contribution in [0.15, 0.2) is 66.7 Å². The second kappa shape index (κ2) is 9.88. The number of hydrogen-bond donors (Lipinski definition) is 0.